The van der Waals surface area contributed by atoms with Gasteiger partial charge in [-0.3, -0.25) is 0 Å². The van der Waals surface area contributed by atoms with Crippen molar-refractivity contribution in [2.75, 3.05) is 0 Å². The van der Waals surface area contributed by atoms with E-state index >= 15 is 0 Å². The summed E-state index contributed by atoms with van der Waals surface area (Å²) in [5.41, 5.74) is -0.0226. The molecule has 0 amide bonds. The second-order valence-corrected chi connectivity index (χ2v) is 8.72. The molecule has 1 heterocycles. The Morgan fingerprint density at radius 2 is 1.84 bits per heavy atom. The molecule has 2 atom stereocenters. The van der Waals surface area contributed by atoms with Crippen molar-refractivity contribution in [1.82, 2.24) is 4.72 Å². The molecule has 0 fully saturated rings. The first kappa shape index (κ1) is 16.6. The van der Waals surface area contributed by atoms with Gasteiger partial charge in [0.1, 0.15) is 22.3 Å². The van der Waals surface area contributed by atoms with Crippen LogP contribution in [0.25, 0.3) is 0 Å². The normalized spacial score (nSPS) is 16.4. The summed E-state index contributed by atoms with van der Waals surface area (Å²) in [6, 6.07) is 3.88. The topological polar surface area (TPSA) is 48.2 Å². The van der Waals surface area contributed by atoms with Crippen molar-refractivity contribution in [1.29, 1.82) is 0 Å². The largest absolute Gasteiger partial charge is 0.598 e. The molecule has 0 saturated carbocycles. The monoisotopic (exact) mass is 285 g/mol. The summed E-state index contributed by atoms with van der Waals surface area (Å²) >= 11 is -1.12. The molecule has 110 valence electrons. The van der Waals surface area contributed by atoms with Crippen LogP contribution in [0.3, 0.4) is 0 Å². The fourth-order valence-electron chi connectivity index (χ4n) is 1.70. The molecule has 0 saturated heterocycles. The van der Waals surface area contributed by atoms with Crippen LogP contribution in [0.4, 0.5) is 0 Å². The molecule has 0 aliphatic heterocycles. The Hall–Kier alpha value is -0.450. The van der Waals surface area contributed by atoms with Crippen molar-refractivity contribution in [3.8, 4) is 0 Å². The molecule has 4 heteroatoms. The Labute approximate surface area is 120 Å². The number of furan rings is 1. The lowest BCUT2D eigenvalue weighted by Crippen LogP contribution is -2.45. The van der Waals surface area contributed by atoms with E-state index < -0.39 is 11.4 Å². The molecule has 0 aliphatic carbocycles. The summed E-state index contributed by atoms with van der Waals surface area (Å²) < 4.78 is 21.1. The number of hydrogen-bond donors (Lipinski definition) is 1. The molecule has 19 heavy (non-hydrogen) atoms. The highest BCUT2D eigenvalue weighted by atomic mass is 32.2. The maximum absolute atomic E-state index is 12.4. The summed E-state index contributed by atoms with van der Waals surface area (Å²) in [6.07, 6.45) is 0.978. The highest BCUT2D eigenvalue weighted by Crippen LogP contribution is 2.38. The molecular weight excluding hydrogens is 258 g/mol. The first-order chi connectivity index (χ1) is 8.58. The zero-order valence-corrected chi connectivity index (χ0v) is 14.0. The molecule has 1 rings (SSSR count). The van der Waals surface area contributed by atoms with Gasteiger partial charge in [0.05, 0.1) is 0 Å². The van der Waals surface area contributed by atoms with Gasteiger partial charge in [-0.15, -0.1) is 4.72 Å². The Morgan fingerprint density at radius 3 is 2.21 bits per heavy atom. The van der Waals surface area contributed by atoms with Crippen molar-refractivity contribution in [2.24, 2.45) is 5.41 Å². The van der Waals surface area contributed by atoms with Gasteiger partial charge in [0.2, 0.25) is 0 Å². The number of aryl methyl sites for hydroxylation is 1. The smallest absolute Gasteiger partial charge is 0.136 e. The van der Waals surface area contributed by atoms with Crippen molar-refractivity contribution >= 4 is 11.4 Å². The molecule has 0 aromatic carbocycles. The molecule has 0 aliphatic rings. The summed E-state index contributed by atoms with van der Waals surface area (Å²) in [5.74, 6) is 1.75. The third-order valence-corrected chi connectivity index (χ3v) is 5.08. The van der Waals surface area contributed by atoms with Crippen LogP contribution in [-0.2, 0) is 11.4 Å². The second-order valence-electron chi connectivity index (χ2n) is 6.72. The van der Waals surface area contributed by atoms with Crippen LogP contribution in [0.5, 0.6) is 0 Å². The van der Waals surface area contributed by atoms with E-state index in [1.165, 1.54) is 0 Å². The number of hydrogen-bond acceptors (Lipinski definition) is 3. The van der Waals surface area contributed by atoms with E-state index in [0.29, 0.717) is 0 Å². The zero-order valence-electron chi connectivity index (χ0n) is 13.2. The molecule has 0 bridgehead atoms. The lowest BCUT2D eigenvalue weighted by molar-refractivity contribution is 0.227. The lowest BCUT2D eigenvalue weighted by atomic mass is 9.81. The third-order valence-electron chi connectivity index (χ3n) is 3.52. The van der Waals surface area contributed by atoms with Crippen LogP contribution in [0.15, 0.2) is 16.5 Å². The predicted molar refractivity (Wildman–Crippen MR) is 81.3 cm³/mol. The van der Waals surface area contributed by atoms with E-state index in [-0.39, 0.29) is 16.2 Å². The van der Waals surface area contributed by atoms with Crippen LogP contribution in [-0.4, -0.2) is 9.30 Å². The SMILES string of the molecule is CCC(C)(C)[C@@H](N[S@+]([O-])C(C)(C)C)c1ccc(C)o1. The van der Waals surface area contributed by atoms with E-state index in [2.05, 4.69) is 25.5 Å². The molecule has 0 unspecified atom stereocenters. The zero-order chi connectivity index (χ0) is 14.8. The molecule has 3 nitrogen and oxygen atoms in total. The Kier molecular flexibility index (Phi) is 5.15. The Bertz CT molecular complexity index is 407. The highest BCUT2D eigenvalue weighted by molar-refractivity contribution is 7.90. The molecule has 1 aromatic rings. The highest BCUT2D eigenvalue weighted by Gasteiger charge is 2.38. The quantitative estimate of drug-likeness (QED) is 0.828. The van der Waals surface area contributed by atoms with Crippen LogP contribution in [0, 0.1) is 12.3 Å². The Morgan fingerprint density at radius 1 is 1.26 bits per heavy atom. The molecular formula is C15H27NO2S. The predicted octanol–water partition coefficient (Wildman–Crippen LogP) is 4.12. The van der Waals surface area contributed by atoms with Crippen LogP contribution >= 0.6 is 0 Å². The first-order valence-electron chi connectivity index (χ1n) is 6.82. The van der Waals surface area contributed by atoms with Gasteiger partial charge in [0, 0.05) is 11.4 Å². The van der Waals surface area contributed by atoms with Gasteiger partial charge in [-0.25, -0.2) is 0 Å². The number of rotatable bonds is 5. The molecule has 1 aromatic heterocycles. The van der Waals surface area contributed by atoms with Crippen LogP contribution in [0.1, 0.15) is 65.5 Å². The standard InChI is InChI=1S/C15H27NO2S/c1-8-15(6,7)13(12-10-9-11(2)18-12)16-19(17)14(3,4)5/h9-10,13,16H,8H2,1-7H3/t13-,19+/m0/s1. The average molecular weight is 285 g/mol. The fraction of sp³-hybridized carbons (Fsp3) is 0.733. The van der Waals surface area contributed by atoms with Gasteiger partial charge < -0.3 is 8.97 Å². The van der Waals surface area contributed by atoms with E-state index in [0.717, 1.165) is 17.9 Å². The van der Waals surface area contributed by atoms with E-state index in [1.54, 1.807) is 0 Å². The molecule has 0 spiro atoms. The summed E-state index contributed by atoms with van der Waals surface area (Å²) in [5, 5.41) is 0. The molecule has 1 N–H and O–H groups in total. The van der Waals surface area contributed by atoms with E-state index in [9.17, 15) is 4.55 Å². The van der Waals surface area contributed by atoms with Crippen molar-refractivity contribution in [3.63, 3.8) is 0 Å². The van der Waals surface area contributed by atoms with Crippen molar-refractivity contribution in [3.05, 3.63) is 23.7 Å². The van der Waals surface area contributed by atoms with Crippen LogP contribution < -0.4 is 4.72 Å². The first-order valence-corrected chi connectivity index (χ1v) is 7.97. The van der Waals surface area contributed by atoms with Gasteiger partial charge >= 0.3 is 0 Å². The lowest BCUT2D eigenvalue weighted by Gasteiger charge is -2.35. The maximum Gasteiger partial charge on any atom is 0.136 e. The van der Waals surface area contributed by atoms with Gasteiger partial charge in [-0.05, 0) is 51.7 Å². The minimum Gasteiger partial charge on any atom is -0.598 e. The second kappa shape index (κ2) is 5.90. The van der Waals surface area contributed by atoms with Gasteiger partial charge in [0.15, 0.2) is 0 Å². The van der Waals surface area contributed by atoms with Gasteiger partial charge in [-0.1, -0.05) is 20.8 Å². The van der Waals surface area contributed by atoms with E-state index in [1.807, 2.05) is 39.8 Å². The van der Waals surface area contributed by atoms with Crippen molar-refractivity contribution < 1.29 is 8.97 Å². The maximum atomic E-state index is 12.4. The third kappa shape index (κ3) is 4.26. The van der Waals surface area contributed by atoms with E-state index in [4.69, 9.17) is 4.42 Å². The van der Waals surface area contributed by atoms with Crippen LogP contribution in [0.2, 0.25) is 0 Å². The fourth-order valence-corrected chi connectivity index (χ4v) is 2.70. The molecule has 0 radical (unpaired) electrons. The Balaban J connectivity index is 3.01. The summed E-state index contributed by atoms with van der Waals surface area (Å²) in [4.78, 5) is 0. The average Bonchev–Trinajstić information content (AvgIpc) is 2.70. The number of nitrogens with one attached hydrogen (secondary N) is 1. The minimum atomic E-state index is -1.12. The van der Waals surface area contributed by atoms with Gasteiger partial charge in [0.25, 0.3) is 0 Å². The van der Waals surface area contributed by atoms with Crippen molar-refractivity contribution in [2.45, 2.75) is 65.7 Å². The van der Waals surface area contributed by atoms with Gasteiger partial charge in [-0.2, -0.15) is 0 Å². The summed E-state index contributed by atoms with van der Waals surface area (Å²) in [6.45, 7) is 14.3. The minimum absolute atomic E-state index is 0.0226. The summed E-state index contributed by atoms with van der Waals surface area (Å²) in [7, 11) is 0.